The van der Waals surface area contributed by atoms with E-state index in [9.17, 15) is 0 Å². The van der Waals surface area contributed by atoms with E-state index in [0.717, 1.165) is 0 Å². The fourth-order valence-electron chi connectivity index (χ4n) is 1.55. The summed E-state index contributed by atoms with van der Waals surface area (Å²) >= 11 is 1.82. The van der Waals surface area contributed by atoms with Crippen LogP contribution in [0.15, 0.2) is 0 Å². The molecule has 0 aliphatic heterocycles. The topological polar surface area (TPSA) is 3.24 Å². The van der Waals surface area contributed by atoms with Crippen molar-refractivity contribution in [3.05, 3.63) is 0 Å². The zero-order valence-electron chi connectivity index (χ0n) is 8.86. The van der Waals surface area contributed by atoms with Crippen molar-refractivity contribution in [3.8, 4) is 0 Å². The molecule has 11 heavy (non-hydrogen) atoms. The van der Waals surface area contributed by atoms with Crippen molar-refractivity contribution >= 4 is 11.9 Å². The van der Waals surface area contributed by atoms with Gasteiger partial charge in [0.1, 0.15) is 0 Å². The molecule has 0 aromatic rings. The van der Waals surface area contributed by atoms with Crippen molar-refractivity contribution in [2.24, 2.45) is 0 Å². The lowest BCUT2D eigenvalue weighted by molar-refractivity contribution is 0.157. The second-order valence-electron chi connectivity index (χ2n) is 4.82. The minimum absolute atomic E-state index is 0.248. The average Bonchev–Trinajstić information content (AvgIpc) is 1.56. The fourth-order valence-corrected chi connectivity index (χ4v) is 2.65. The van der Waals surface area contributed by atoms with E-state index in [1.165, 1.54) is 0 Å². The smallest absolute Gasteiger partial charge is 0.0234 e. The molecule has 0 fully saturated rings. The fraction of sp³-hybridized carbons (Fsp3) is 1.00. The lowest BCUT2D eigenvalue weighted by atomic mass is 10.0. The summed E-state index contributed by atoms with van der Waals surface area (Å²) in [5, 5.41) is 0. The predicted octanol–water partition coefficient (Wildman–Crippen LogP) is 3.16. The summed E-state index contributed by atoms with van der Waals surface area (Å²) in [5.41, 5.74) is 0.495. The molecule has 1 nitrogen and oxygen atoms in total. The molecule has 0 amide bonds. The molecule has 0 aromatic heterocycles. The molecule has 0 heterocycles. The van der Waals surface area contributed by atoms with Crippen molar-refractivity contribution in [1.82, 2.24) is 4.31 Å². The van der Waals surface area contributed by atoms with Crippen molar-refractivity contribution in [2.45, 2.75) is 52.6 Å². The molecule has 0 saturated heterocycles. The van der Waals surface area contributed by atoms with Gasteiger partial charge in [-0.05, 0) is 47.8 Å². The molecular weight excluding hydrogens is 154 g/mol. The lowest BCUT2D eigenvalue weighted by Crippen LogP contribution is -2.47. The minimum Gasteiger partial charge on any atom is -0.240 e. The Hall–Kier alpha value is 0.310. The van der Waals surface area contributed by atoms with Crippen molar-refractivity contribution in [3.63, 3.8) is 0 Å². The molecule has 0 aromatic carbocycles. The molecule has 0 saturated carbocycles. The van der Waals surface area contributed by atoms with Crippen LogP contribution in [0.1, 0.15) is 41.5 Å². The number of nitrogens with zero attached hydrogens (tertiary/aromatic N) is 1. The second kappa shape index (κ2) is 3.36. The SMILES string of the molecule is CSN(C(C)(C)C)C(C)(C)C. The standard InChI is InChI=1S/C9H21NS/c1-8(2,3)10(11-7)9(4,5)6/h1-7H3. The number of hydrogen-bond acceptors (Lipinski definition) is 2. The molecule has 0 spiro atoms. The van der Waals surface area contributed by atoms with E-state index in [0.29, 0.717) is 0 Å². The molecule has 0 rings (SSSR count). The third-order valence-electron chi connectivity index (χ3n) is 1.40. The van der Waals surface area contributed by atoms with E-state index >= 15 is 0 Å². The Kier molecular flexibility index (Phi) is 3.45. The van der Waals surface area contributed by atoms with Gasteiger partial charge in [0, 0.05) is 11.1 Å². The Balaban J connectivity index is 4.43. The first kappa shape index (κ1) is 11.3. The van der Waals surface area contributed by atoms with Gasteiger partial charge in [-0.1, -0.05) is 11.9 Å². The molecule has 0 N–H and O–H groups in total. The molecule has 0 radical (unpaired) electrons. The normalized spacial score (nSPS) is 14.2. The molecule has 0 unspecified atom stereocenters. The highest BCUT2D eigenvalue weighted by Crippen LogP contribution is 2.30. The Labute approximate surface area is 75.7 Å². The van der Waals surface area contributed by atoms with Gasteiger partial charge in [-0.3, -0.25) is 0 Å². The van der Waals surface area contributed by atoms with Crippen molar-refractivity contribution < 1.29 is 0 Å². The van der Waals surface area contributed by atoms with Crippen LogP contribution >= 0.6 is 11.9 Å². The van der Waals surface area contributed by atoms with Gasteiger partial charge < -0.3 is 0 Å². The minimum atomic E-state index is 0.248. The van der Waals surface area contributed by atoms with Crippen LogP contribution in [0.4, 0.5) is 0 Å². The largest absolute Gasteiger partial charge is 0.240 e. The van der Waals surface area contributed by atoms with Gasteiger partial charge in [-0.15, -0.1) is 0 Å². The lowest BCUT2D eigenvalue weighted by Gasteiger charge is -2.43. The van der Waals surface area contributed by atoms with Crippen molar-refractivity contribution in [1.29, 1.82) is 0 Å². The van der Waals surface area contributed by atoms with Crippen LogP contribution in [0.25, 0.3) is 0 Å². The summed E-state index contributed by atoms with van der Waals surface area (Å²) in [4.78, 5) is 0. The van der Waals surface area contributed by atoms with Crippen LogP contribution in [0.2, 0.25) is 0 Å². The summed E-state index contributed by atoms with van der Waals surface area (Å²) < 4.78 is 2.42. The Morgan fingerprint density at radius 2 is 1.09 bits per heavy atom. The average molecular weight is 175 g/mol. The summed E-state index contributed by atoms with van der Waals surface area (Å²) in [6, 6.07) is 0. The second-order valence-corrected chi connectivity index (χ2v) is 5.55. The molecule has 0 bridgehead atoms. The highest BCUT2D eigenvalue weighted by molar-refractivity contribution is 7.96. The first-order valence-corrected chi connectivity index (χ1v) is 5.22. The van der Waals surface area contributed by atoms with E-state index in [2.05, 4.69) is 52.1 Å². The summed E-state index contributed by atoms with van der Waals surface area (Å²) in [7, 11) is 0. The Morgan fingerprint density at radius 1 is 0.818 bits per heavy atom. The Morgan fingerprint density at radius 3 is 1.09 bits per heavy atom. The van der Waals surface area contributed by atoms with Gasteiger partial charge in [-0.25, -0.2) is 4.31 Å². The van der Waals surface area contributed by atoms with E-state index in [-0.39, 0.29) is 11.1 Å². The highest BCUT2D eigenvalue weighted by Gasteiger charge is 2.30. The zero-order valence-corrected chi connectivity index (χ0v) is 9.67. The first-order chi connectivity index (χ1) is 4.69. The third-order valence-corrected chi connectivity index (χ3v) is 2.86. The highest BCUT2D eigenvalue weighted by atomic mass is 32.2. The summed E-state index contributed by atoms with van der Waals surface area (Å²) in [5.74, 6) is 0. The molecule has 2 heteroatoms. The molecule has 0 aliphatic rings. The van der Waals surface area contributed by atoms with Gasteiger partial charge in [0.2, 0.25) is 0 Å². The van der Waals surface area contributed by atoms with Crippen LogP contribution < -0.4 is 0 Å². The number of rotatable bonds is 1. The molecule has 68 valence electrons. The van der Waals surface area contributed by atoms with Crippen LogP contribution in [-0.2, 0) is 0 Å². The van der Waals surface area contributed by atoms with Crippen LogP contribution in [0, 0.1) is 0 Å². The van der Waals surface area contributed by atoms with Crippen molar-refractivity contribution in [2.75, 3.05) is 6.26 Å². The number of hydrogen-bond donors (Lipinski definition) is 0. The van der Waals surface area contributed by atoms with Crippen LogP contribution in [0.3, 0.4) is 0 Å². The zero-order chi connectivity index (χ0) is 9.28. The summed E-state index contributed by atoms with van der Waals surface area (Å²) in [6.07, 6.45) is 2.14. The van der Waals surface area contributed by atoms with Crippen LogP contribution in [0.5, 0.6) is 0 Å². The maximum atomic E-state index is 2.42. The maximum Gasteiger partial charge on any atom is 0.0234 e. The van der Waals surface area contributed by atoms with Gasteiger partial charge in [0.25, 0.3) is 0 Å². The summed E-state index contributed by atoms with van der Waals surface area (Å²) in [6.45, 7) is 13.5. The predicted molar refractivity (Wildman–Crippen MR) is 54.9 cm³/mol. The van der Waals surface area contributed by atoms with E-state index in [1.54, 1.807) is 0 Å². The van der Waals surface area contributed by atoms with Gasteiger partial charge in [-0.2, -0.15) is 0 Å². The Bertz CT molecular complexity index is 105. The molecule has 0 atom stereocenters. The monoisotopic (exact) mass is 175 g/mol. The first-order valence-electron chi connectivity index (χ1n) is 4.04. The van der Waals surface area contributed by atoms with Gasteiger partial charge >= 0.3 is 0 Å². The van der Waals surface area contributed by atoms with Gasteiger partial charge in [0.05, 0.1) is 0 Å². The maximum absolute atomic E-state index is 2.42. The van der Waals surface area contributed by atoms with Gasteiger partial charge in [0.15, 0.2) is 0 Å². The van der Waals surface area contributed by atoms with E-state index in [4.69, 9.17) is 0 Å². The van der Waals surface area contributed by atoms with E-state index in [1.807, 2.05) is 11.9 Å². The van der Waals surface area contributed by atoms with Crippen LogP contribution in [-0.4, -0.2) is 21.6 Å². The quantitative estimate of drug-likeness (QED) is 0.563. The molecular formula is C9H21NS. The van der Waals surface area contributed by atoms with E-state index < -0.39 is 0 Å². The third kappa shape index (κ3) is 3.48. The molecule has 0 aliphatic carbocycles.